The average molecular weight is 363 g/mol. The quantitative estimate of drug-likeness (QED) is 0.704. The summed E-state index contributed by atoms with van der Waals surface area (Å²) in [6.45, 7) is 9.73. The highest BCUT2D eigenvalue weighted by Gasteiger charge is 2.63. The predicted molar refractivity (Wildman–Crippen MR) is 107 cm³/mol. The molecular weight excluding hydrogens is 320 g/mol. The Morgan fingerprint density at radius 3 is 2.46 bits per heavy atom. The molecule has 0 bridgehead atoms. The average Bonchev–Trinajstić information content (AvgIpc) is 2.96. The van der Waals surface area contributed by atoms with Crippen molar-refractivity contribution in [2.24, 2.45) is 46.3 Å². The summed E-state index contributed by atoms with van der Waals surface area (Å²) in [5.74, 6) is 4.37. The lowest BCUT2D eigenvalue weighted by Crippen LogP contribution is -2.58. The van der Waals surface area contributed by atoms with Crippen LogP contribution in [-0.2, 0) is 0 Å². The van der Waals surface area contributed by atoms with Gasteiger partial charge in [0.15, 0.2) is 0 Å². The Kier molecular flexibility index (Phi) is 5.01. The van der Waals surface area contributed by atoms with Crippen LogP contribution < -0.4 is 0 Å². The van der Waals surface area contributed by atoms with Gasteiger partial charge in [0, 0.05) is 0 Å². The molecule has 4 rings (SSSR count). The normalized spacial score (nSPS) is 54.9. The minimum absolute atomic E-state index is 0.0749. The molecule has 2 heteroatoms. The number of aliphatic hydroxyl groups excluding tert-OH is 2. The third kappa shape index (κ3) is 2.65. The first-order valence-electron chi connectivity index (χ1n) is 11.7. The second kappa shape index (κ2) is 6.76. The first-order chi connectivity index (χ1) is 12.3. The third-order valence-corrected chi connectivity index (χ3v) is 10.2. The molecule has 4 saturated carbocycles. The Labute approximate surface area is 161 Å². The summed E-state index contributed by atoms with van der Waals surface area (Å²) >= 11 is 0. The van der Waals surface area contributed by atoms with E-state index < -0.39 is 0 Å². The van der Waals surface area contributed by atoms with Crippen LogP contribution in [0.4, 0.5) is 0 Å². The highest BCUT2D eigenvalue weighted by molar-refractivity contribution is 5.12. The van der Waals surface area contributed by atoms with Gasteiger partial charge >= 0.3 is 0 Å². The lowest BCUT2D eigenvalue weighted by atomic mass is 9.43. The van der Waals surface area contributed by atoms with E-state index in [1.165, 1.54) is 44.9 Å². The second-order valence-electron chi connectivity index (χ2n) is 11.2. The van der Waals surface area contributed by atoms with Gasteiger partial charge in [0.1, 0.15) is 0 Å². The standard InChI is InChI=1S/C24H42O2/c1-5-6-15(2)19-9-10-20-18-8-7-16-13-17(25)11-12-23(16,3)21(18)14-22(26)24(19,20)4/h15-22,25-26H,5-14H2,1-4H3/t15-,16?,17?,18+,19-,20+,21+,22?,23+,24-/m1/s1. The van der Waals surface area contributed by atoms with E-state index in [9.17, 15) is 10.2 Å². The van der Waals surface area contributed by atoms with Crippen molar-refractivity contribution in [3.05, 3.63) is 0 Å². The van der Waals surface area contributed by atoms with Gasteiger partial charge in [0.2, 0.25) is 0 Å². The fraction of sp³-hybridized carbons (Fsp3) is 1.00. The smallest absolute Gasteiger partial charge is 0.0602 e. The molecule has 4 fully saturated rings. The molecule has 10 atom stereocenters. The zero-order chi connectivity index (χ0) is 18.7. The maximum absolute atomic E-state index is 11.5. The van der Waals surface area contributed by atoms with E-state index in [4.69, 9.17) is 0 Å². The number of rotatable bonds is 3. The first kappa shape index (κ1) is 19.2. The molecule has 0 amide bonds. The highest BCUT2D eigenvalue weighted by Crippen LogP contribution is 2.68. The Hall–Kier alpha value is -0.0800. The molecule has 0 aromatic carbocycles. The van der Waals surface area contributed by atoms with Gasteiger partial charge in [-0.05, 0) is 97.7 Å². The third-order valence-electron chi connectivity index (χ3n) is 10.2. The van der Waals surface area contributed by atoms with Gasteiger partial charge < -0.3 is 10.2 Å². The molecule has 26 heavy (non-hydrogen) atoms. The molecule has 0 spiro atoms. The second-order valence-corrected chi connectivity index (χ2v) is 11.2. The molecule has 0 heterocycles. The van der Waals surface area contributed by atoms with E-state index in [2.05, 4.69) is 27.7 Å². The fourth-order valence-corrected chi connectivity index (χ4v) is 8.82. The minimum atomic E-state index is -0.122. The predicted octanol–water partition coefficient (Wildman–Crippen LogP) is 5.41. The van der Waals surface area contributed by atoms with Crippen molar-refractivity contribution >= 4 is 0 Å². The van der Waals surface area contributed by atoms with Crippen LogP contribution in [0.3, 0.4) is 0 Å². The lowest BCUT2D eigenvalue weighted by molar-refractivity contribution is -0.174. The monoisotopic (exact) mass is 362 g/mol. The van der Waals surface area contributed by atoms with E-state index in [1.54, 1.807) is 0 Å². The summed E-state index contributed by atoms with van der Waals surface area (Å²) in [6, 6.07) is 0. The Morgan fingerprint density at radius 1 is 0.962 bits per heavy atom. The van der Waals surface area contributed by atoms with Crippen molar-refractivity contribution < 1.29 is 10.2 Å². The van der Waals surface area contributed by atoms with Crippen LogP contribution in [0.25, 0.3) is 0 Å². The van der Waals surface area contributed by atoms with Crippen molar-refractivity contribution in [3.8, 4) is 0 Å². The van der Waals surface area contributed by atoms with Crippen LogP contribution in [0.2, 0.25) is 0 Å². The van der Waals surface area contributed by atoms with Gasteiger partial charge in [-0.15, -0.1) is 0 Å². The summed E-state index contributed by atoms with van der Waals surface area (Å²) < 4.78 is 0. The molecule has 2 N–H and O–H groups in total. The molecule has 0 saturated heterocycles. The molecular formula is C24H42O2. The summed E-state index contributed by atoms with van der Waals surface area (Å²) in [7, 11) is 0. The van der Waals surface area contributed by atoms with Crippen LogP contribution in [0, 0.1) is 46.3 Å². The van der Waals surface area contributed by atoms with Gasteiger partial charge in [-0.25, -0.2) is 0 Å². The Morgan fingerprint density at radius 2 is 1.73 bits per heavy atom. The highest BCUT2D eigenvalue weighted by atomic mass is 16.3. The number of aliphatic hydroxyl groups is 2. The fourth-order valence-electron chi connectivity index (χ4n) is 8.82. The first-order valence-corrected chi connectivity index (χ1v) is 11.7. The van der Waals surface area contributed by atoms with Gasteiger partial charge in [0.25, 0.3) is 0 Å². The van der Waals surface area contributed by atoms with Gasteiger partial charge in [-0.1, -0.05) is 40.5 Å². The number of hydrogen-bond donors (Lipinski definition) is 2. The van der Waals surface area contributed by atoms with E-state index >= 15 is 0 Å². The summed E-state index contributed by atoms with van der Waals surface area (Å²) in [5.41, 5.74) is 0.505. The lowest BCUT2D eigenvalue weighted by Gasteiger charge is -2.62. The van der Waals surface area contributed by atoms with Crippen molar-refractivity contribution in [2.75, 3.05) is 0 Å². The van der Waals surface area contributed by atoms with Crippen molar-refractivity contribution in [1.82, 2.24) is 0 Å². The summed E-state index contributed by atoms with van der Waals surface area (Å²) in [6.07, 6.45) is 11.9. The van der Waals surface area contributed by atoms with E-state index in [0.29, 0.717) is 23.2 Å². The zero-order valence-electron chi connectivity index (χ0n) is 17.6. The molecule has 0 aromatic heterocycles. The van der Waals surface area contributed by atoms with Crippen LogP contribution >= 0.6 is 0 Å². The topological polar surface area (TPSA) is 40.5 Å². The molecule has 0 radical (unpaired) electrons. The molecule has 0 aromatic rings. The van der Waals surface area contributed by atoms with Gasteiger partial charge in [0.05, 0.1) is 12.2 Å². The zero-order valence-corrected chi connectivity index (χ0v) is 17.6. The minimum Gasteiger partial charge on any atom is -0.393 e. The van der Waals surface area contributed by atoms with E-state index in [-0.39, 0.29) is 17.6 Å². The van der Waals surface area contributed by atoms with Crippen LogP contribution in [0.15, 0.2) is 0 Å². The van der Waals surface area contributed by atoms with Gasteiger partial charge in [-0.3, -0.25) is 0 Å². The van der Waals surface area contributed by atoms with Crippen molar-refractivity contribution in [3.63, 3.8) is 0 Å². The van der Waals surface area contributed by atoms with E-state index in [1.807, 2.05) is 0 Å². The Bertz CT molecular complexity index is 518. The van der Waals surface area contributed by atoms with Crippen LogP contribution in [0.5, 0.6) is 0 Å². The maximum Gasteiger partial charge on any atom is 0.0602 e. The molecule has 3 unspecified atom stereocenters. The van der Waals surface area contributed by atoms with Crippen molar-refractivity contribution in [2.45, 2.75) is 104 Å². The van der Waals surface area contributed by atoms with Gasteiger partial charge in [-0.2, -0.15) is 0 Å². The van der Waals surface area contributed by atoms with E-state index in [0.717, 1.165) is 37.0 Å². The molecule has 2 nitrogen and oxygen atoms in total. The maximum atomic E-state index is 11.5. The van der Waals surface area contributed by atoms with Crippen LogP contribution in [-0.4, -0.2) is 22.4 Å². The molecule has 4 aliphatic rings. The summed E-state index contributed by atoms with van der Waals surface area (Å²) in [5, 5.41) is 21.7. The molecule has 4 aliphatic carbocycles. The molecule has 150 valence electrons. The molecule has 0 aliphatic heterocycles. The SMILES string of the molecule is CCC[C@@H](C)[C@H]1CC[C@H]2[C@@H]3CCC4CC(O)CC[C@]4(C)[C@H]3CC(O)[C@]12C. The largest absolute Gasteiger partial charge is 0.393 e. The summed E-state index contributed by atoms with van der Waals surface area (Å²) in [4.78, 5) is 0. The Balaban J connectivity index is 1.61. The number of fused-ring (bicyclic) bond motifs is 5. The van der Waals surface area contributed by atoms with Crippen molar-refractivity contribution in [1.29, 1.82) is 0 Å². The number of hydrogen-bond acceptors (Lipinski definition) is 2. The van der Waals surface area contributed by atoms with Crippen LogP contribution in [0.1, 0.15) is 91.9 Å².